The number of rotatable bonds is 4. The van der Waals surface area contributed by atoms with Crippen molar-refractivity contribution in [2.45, 2.75) is 77.4 Å². The highest BCUT2D eigenvalue weighted by Gasteiger charge is 2.39. The highest BCUT2D eigenvalue weighted by atomic mass is 19.3. The van der Waals surface area contributed by atoms with E-state index in [9.17, 15) is 8.78 Å². The van der Waals surface area contributed by atoms with Crippen molar-refractivity contribution in [3.05, 3.63) is 41.3 Å². The van der Waals surface area contributed by atoms with Gasteiger partial charge < -0.3 is 5.32 Å². The number of aryl methyl sites for hydroxylation is 1. The van der Waals surface area contributed by atoms with Crippen molar-refractivity contribution >= 4 is 5.82 Å². The van der Waals surface area contributed by atoms with E-state index in [1.807, 2.05) is 18.5 Å². The Balaban J connectivity index is 1.51. The lowest BCUT2D eigenvalue weighted by molar-refractivity contribution is 0.0550. The number of pyridine rings is 1. The van der Waals surface area contributed by atoms with E-state index >= 15 is 0 Å². The van der Waals surface area contributed by atoms with Gasteiger partial charge in [0.2, 0.25) is 0 Å². The normalized spacial score (nSPS) is 25.2. The Kier molecular flexibility index (Phi) is 5.84. The van der Waals surface area contributed by atoms with Gasteiger partial charge in [-0.05, 0) is 55.8 Å². The van der Waals surface area contributed by atoms with E-state index in [4.69, 9.17) is 0 Å². The molecule has 2 aliphatic rings. The molecule has 4 rings (SSSR count). The van der Waals surface area contributed by atoms with Crippen molar-refractivity contribution in [2.24, 2.45) is 5.92 Å². The topological polar surface area (TPSA) is 46.0 Å². The summed E-state index contributed by atoms with van der Waals surface area (Å²) in [6, 6.07) is 3.22. The van der Waals surface area contributed by atoms with Crippen LogP contribution in [0.25, 0.3) is 0 Å². The third kappa shape index (κ3) is 4.36. The lowest BCUT2D eigenvalue weighted by atomic mass is 9.85. The molecule has 1 unspecified atom stereocenters. The molecule has 3 atom stereocenters. The summed E-state index contributed by atoms with van der Waals surface area (Å²) >= 11 is 0. The van der Waals surface area contributed by atoms with Crippen molar-refractivity contribution in [2.75, 3.05) is 18.4 Å². The summed E-state index contributed by atoms with van der Waals surface area (Å²) in [5.41, 5.74) is 3.18. The minimum Gasteiger partial charge on any atom is -0.367 e. The van der Waals surface area contributed by atoms with Crippen LogP contribution in [0.1, 0.15) is 62.9 Å². The smallest absolute Gasteiger partial charge is 0.260 e. The van der Waals surface area contributed by atoms with E-state index in [0.29, 0.717) is 12.3 Å². The van der Waals surface area contributed by atoms with Crippen LogP contribution >= 0.6 is 0 Å². The largest absolute Gasteiger partial charge is 0.367 e. The fraction of sp³-hybridized carbons (Fsp3) is 0.652. The Morgan fingerprint density at radius 1 is 1.30 bits per heavy atom. The maximum Gasteiger partial charge on any atom is 0.260 e. The zero-order valence-corrected chi connectivity index (χ0v) is 18.4. The van der Waals surface area contributed by atoms with Gasteiger partial charge in [0.05, 0.1) is 5.69 Å². The monoisotopic (exact) mass is 417 g/mol. The summed E-state index contributed by atoms with van der Waals surface area (Å²) in [6.07, 6.45) is 3.91. The molecule has 0 bridgehead atoms. The zero-order valence-electron chi connectivity index (χ0n) is 18.4. The second-order valence-electron chi connectivity index (χ2n) is 9.94. The summed E-state index contributed by atoms with van der Waals surface area (Å²) in [6.45, 7) is 11.2. The molecule has 2 aromatic rings. The molecule has 1 N–H and O–H groups in total. The zero-order chi connectivity index (χ0) is 21.5. The van der Waals surface area contributed by atoms with Crippen LogP contribution in [0, 0.1) is 12.8 Å². The maximum absolute atomic E-state index is 13.9. The lowest BCUT2D eigenvalue weighted by Crippen LogP contribution is -2.46. The first-order valence-corrected chi connectivity index (χ1v) is 11.0. The van der Waals surface area contributed by atoms with Crippen LogP contribution in [0.4, 0.5) is 14.6 Å². The molecule has 0 saturated carbocycles. The predicted molar refractivity (Wildman–Crippen MR) is 115 cm³/mol. The van der Waals surface area contributed by atoms with E-state index in [1.54, 1.807) is 0 Å². The maximum atomic E-state index is 13.9. The Bertz CT molecular complexity index is 873. The quantitative estimate of drug-likeness (QED) is 0.777. The van der Waals surface area contributed by atoms with Gasteiger partial charge in [0.1, 0.15) is 11.9 Å². The molecule has 164 valence electrons. The van der Waals surface area contributed by atoms with Crippen LogP contribution in [0.5, 0.6) is 0 Å². The molecule has 0 aliphatic carbocycles. The van der Waals surface area contributed by atoms with E-state index in [-0.39, 0.29) is 11.5 Å². The number of nitrogens with zero attached hydrogens (tertiary/aromatic N) is 4. The minimum atomic E-state index is -2.42. The van der Waals surface area contributed by atoms with Crippen LogP contribution in [-0.4, -0.2) is 45.2 Å². The average Bonchev–Trinajstić information content (AvgIpc) is 3.14. The number of likely N-dealkylation sites (tertiary alicyclic amines) is 1. The van der Waals surface area contributed by atoms with Gasteiger partial charge in [0.15, 0.2) is 0 Å². The third-order valence-corrected chi connectivity index (χ3v) is 6.58. The molecule has 0 aromatic carbocycles. The van der Waals surface area contributed by atoms with Crippen LogP contribution < -0.4 is 5.32 Å². The van der Waals surface area contributed by atoms with Gasteiger partial charge in [-0.2, -0.15) is 5.10 Å². The van der Waals surface area contributed by atoms with Gasteiger partial charge in [-0.25, -0.2) is 13.5 Å². The Hall–Kier alpha value is -2.02. The SMILES string of the molecule is Cc1cnccc1CN1CCCC([C@H]2C[C@@H](C(F)F)n3nc(C(C)(C)C)cc3N2)C1. The second kappa shape index (κ2) is 8.25. The average molecular weight is 418 g/mol. The van der Waals surface area contributed by atoms with Gasteiger partial charge >= 0.3 is 0 Å². The summed E-state index contributed by atoms with van der Waals surface area (Å²) in [5, 5.41) is 8.11. The molecule has 7 heteroatoms. The highest BCUT2D eigenvalue weighted by Crippen LogP contribution is 2.38. The number of anilines is 1. The summed E-state index contributed by atoms with van der Waals surface area (Å²) in [7, 11) is 0. The van der Waals surface area contributed by atoms with Gasteiger partial charge in [-0.1, -0.05) is 20.8 Å². The van der Waals surface area contributed by atoms with Crippen LogP contribution in [-0.2, 0) is 12.0 Å². The van der Waals surface area contributed by atoms with Gasteiger partial charge in [0.25, 0.3) is 6.43 Å². The van der Waals surface area contributed by atoms with Gasteiger partial charge in [0, 0.05) is 43.0 Å². The first-order valence-electron chi connectivity index (χ1n) is 11.0. The molecule has 0 spiro atoms. The van der Waals surface area contributed by atoms with E-state index in [1.165, 1.54) is 15.8 Å². The van der Waals surface area contributed by atoms with Crippen LogP contribution in [0.15, 0.2) is 24.5 Å². The van der Waals surface area contributed by atoms with Crippen molar-refractivity contribution in [1.82, 2.24) is 19.7 Å². The van der Waals surface area contributed by atoms with Gasteiger partial charge in [-0.3, -0.25) is 9.88 Å². The van der Waals surface area contributed by atoms with Crippen LogP contribution in [0.2, 0.25) is 0 Å². The second-order valence-corrected chi connectivity index (χ2v) is 9.94. The van der Waals surface area contributed by atoms with Crippen molar-refractivity contribution in [3.63, 3.8) is 0 Å². The predicted octanol–water partition coefficient (Wildman–Crippen LogP) is 4.79. The number of hydrogen-bond acceptors (Lipinski definition) is 4. The van der Waals surface area contributed by atoms with E-state index in [0.717, 1.165) is 44.0 Å². The number of aromatic nitrogens is 3. The molecule has 0 amide bonds. The number of alkyl halides is 2. The van der Waals surface area contributed by atoms with Crippen molar-refractivity contribution in [1.29, 1.82) is 0 Å². The molecule has 1 fully saturated rings. The fourth-order valence-corrected chi connectivity index (χ4v) is 4.73. The molecule has 30 heavy (non-hydrogen) atoms. The molecular formula is C23H33F2N5. The molecule has 5 nitrogen and oxygen atoms in total. The Morgan fingerprint density at radius 2 is 2.10 bits per heavy atom. The van der Waals surface area contributed by atoms with Crippen LogP contribution in [0.3, 0.4) is 0 Å². The van der Waals surface area contributed by atoms with Crippen molar-refractivity contribution < 1.29 is 8.78 Å². The van der Waals surface area contributed by atoms with E-state index < -0.39 is 12.5 Å². The van der Waals surface area contributed by atoms with Gasteiger partial charge in [-0.15, -0.1) is 0 Å². The third-order valence-electron chi connectivity index (χ3n) is 6.58. The number of halogens is 2. The molecule has 1 saturated heterocycles. The molecule has 4 heterocycles. The van der Waals surface area contributed by atoms with Crippen molar-refractivity contribution in [3.8, 4) is 0 Å². The first kappa shape index (κ1) is 21.2. The number of piperidine rings is 1. The lowest BCUT2D eigenvalue weighted by Gasteiger charge is -2.41. The first-order chi connectivity index (χ1) is 14.2. The summed E-state index contributed by atoms with van der Waals surface area (Å²) in [5.74, 6) is 1.09. The fourth-order valence-electron chi connectivity index (χ4n) is 4.73. The molecule has 2 aromatic heterocycles. The molecular weight excluding hydrogens is 384 g/mol. The number of fused-ring (bicyclic) bond motifs is 1. The Morgan fingerprint density at radius 3 is 2.80 bits per heavy atom. The molecule has 2 aliphatic heterocycles. The summed E-state index contributed by atoms with van der Waals surface area (Å²) in [4.78, 5) is 6.64. The number of hydrogen-bond donors (Lipinski definition) is 1. The summed E-state index contributed by atoms with van der Waals surface area (Å²) < 4.78 is 29.4. The highest BCUT2D eigenvalue weighted by molar-refractivity contribution is 5.43. The standard InChI is InChI=1S/C23H33F2N5/c1-15-12-26-8-7-16(15)13-29-9-5-6-17(14-29)18-10-19(22(24)25)30-21(27-18)11-20(28-30)23(2,3)4/h7-8,11-12,17-19,22,27H,5-6,9-10,13-14H2,1-4H3/t17?,18-,19+/m1/s1. The molecule has 0 radical (unpaired) electrons. The van der Waals surface area contributed by atoms with E-state index in [2.05, 4.69) is 54.1 Å². The minimum absolute atomic E-state index is 0.0438. The Labute approximate surface area is 177 Å². The number of nitrogens with one attached hydrogen (secondary N) is 1.